The standard InChI is InChI=1S/C11H20N2O3/c1-7(2)9(11(15)16)13-10(14)8-5-3-4-6-12-8/h7-9,12H,3-6H2,1-2H3,(H,13,14)(H,15,16)/t8-,9?/m0/s1. The highest BCUT2D eigenvalue weighted by Crippen LogP contribution is 2.08. The molecule has 92 valence electrons. The SMILES string of the molecule is CC(C)C(NC(=O)[C@@H]1CCCCN1)C(=O)O. The first kappa shape index (κ1) is 13.0. The van der Waals surface area contributed by atoms with E-state index in [0.29, 0.717) is 0 Å². The Morgan fingerprint density at radius 2 is 2.06 bits per heavy atom. The second kappa shape index (κ2) is 5.84. The molecule has 0 aromatic heterocycles. The molecule has 16 heavy (non-hydrogen) atoms. The molecule has 1 rings (SSSR count). The van der Waals surface area contributed by atoms with Crippen molar-refractivity contribution in [3.05, 3.63) is 0 Å². The molecule has 0 saturated carbocycles. The van der Waals surface area contributed by atoms with Gasteiger partial charge in [-0.05, 0) is 25.3 Å². The number of carboxylic acid groups (broad SMARTS) is 1. The summed E-state index contributed by atoms with van der Waals surface area (Å²) in [6.07, 6.45) is 2.89. The minimum absolute atomic E-state index is 0.106. The maximum absolute atomic E-state index is 11.8. The highest BCUT2D eigenvalue weighted by atomic mass is 16.4. The van der Waals surface area contributed by atoms with Crippen molar-refractivity contribution in [3.63, 3.8) is 0 Å². The van der Waals surface area contributed by atoms with Crippen LogP contribution < -0.4 is 10.6 Å². The lowest BCUT2D eigenvalue weighted by Crippen LogP contribution is -2.53. The summed E-state index contributed by atoms with van der Waals surface area (Å²) < 4.78 is 0. The summed E-state index contributed by atoms with van der Waals surface area (Å²) in [5.74, 6) is -1.27. The Kier molecular flexibility index (Phi) is 4.73. The molecule has 1 amide bonds. The van der Waals surface area contributed by atoms with Crippen LogP contribution in [0, 0.1) is 5.92 Å². The fourth-order valence-corrected chi connectivity index (χ4v) is 1.84. The fourth-order valence-electron chi connectivity index (χ4n) is 1.84. The molecule has 5 nitrogen and oxygen atoms in total. The van der Waals surface area contributed by atoms with Gasteiger partial charge in [-0.1, -0.05) is 20.3 Å². The van der Waals surface area contributed by atoms with Crippen molar-refractivity contribution in [3.8, 4) is 0 Å². The van der Waals surface area contributed by atoms with Gasteiger partial charge < -0.3 is 15.7 Å². The van der Waals surface area contributed by atoms with Gasteiger partial charge in [-0.2, -0.15) is 0 Å². The molecule has 1 aliphatic rings. The molecule has 0 aromatic rings. The van der Waals surface area contributed by atoms with Gasteiger partial charge in [0.15, 0.2) is 0 Å². The number of piperidine rings is 1. The Morgan fingerprint density at radius 1 is 1.38 bits per heavy atom. The van der Waals surface area contributed by atoms with Crippen LogP contribution in [0.1, 0.15) is 33.1 Å². The molecule has 3 N–H and O–H groups in total. The maximum Gasteiger partial charge on any atom is 0.326 e. The van der Waals surface area contributed by atoms with Crippen LogP contribution in [0.3, 0.4) is 0 Å². The summed E-state index contributed by atoms with van der Waals surface area (Å²) in [6, 6.07) is -1.02. The molecular weight excluding hydrogens is 208 g/mol. The van der Waals surface area contributed by atoms with Gasteiger partial charge in [0, 0.05) is 0 Å². The van der Waals surface area contributed by atoms with E-state index in [0.717, 1.165) is 25.8 Å². The van der Waals surface area contributed by atoms with E-state index in [-0.39, 0.29) is 17.9 Å². The molecule has 2 atom stereocenters. The van der Waals surface area contributed by atoms with E-state index in [1.807, 2.05) is 0 Å². The number of rotatable bonds is 4. The molecule has 5 heteroatoms. The predicted octanol–water partition coefficient (Wildman–Crippen LogP) is 0.354. The quantitative estimate of drug-likeness (QED) is 0.649. The molecule has 1 heterocycles. The van der Waals surface area contributed by atoms with E-state index in [2.05, 4.69) is 10.6 Å². The first-order valence-corrected chi connectivity index (χ1v) is 5.79. The number of hydrogen-bond acceptors (Lipinski definition) is 3. The molecular formula is C11H20N2O3. The summed E-state index contributed by atoms with van der Waals surface area (Å²) in [6.45, 7) is 4.40. The highest BCUT2D eigenvalue weighted by Gasteiger charge is 2.27. The minimum Gasteiger partial charge on any atom is -0.480 e. The highest BCUT2D eigenvalue weighted by molar-refractivity contribution is 5.87. The zero-order valence-electron chi connectivity index (χ0n) is 9.82. The zero-order chi connectivity index (χ0) is 12.1. The van der Waals surface area contributed by atoms with Gasteiger partial charge in [0.1, 0.15) is 6.04 Å². The molecule has 1 saturated heterocycles. The van der Waals surface area contributed by atoms with Crippen LogP contribution in [-0.2, 0) is 9.59 Å². The van der Waals surface area contributed by atoms with Crippen LogP contribution in [-0.4, -0.2) is 35.6 Å². The normalized spacial score (nSPS) is 22.8. The summed E-state index contributed by atoms with van der Waals surface area (Å²) in [5, 5.41) is 14.6. The average molecular weight is 228 g/mol. The number of aliphatic carboxylic acids is 1. The number of carboxylic acids is 1. The van der Waals surface area contributed by atoms with Crippen molar-refractivity contribution in [2.45, 2.75) is 45.2 Å². The second-order valence-corrected chi connectivity index (χ2v) is 4.57. The summed E-state index contributed by atoms with van der Waals surface area (Å²) in [4.78, 5) is 22.7. The van der Waals surface area contributed by atoms with Crippen molar-refractivity contribution in [2.24, 2.45) is 5.92 Å². The van der Waals surface area contributed by atoms with Gasteiger partial charge in [0.05, 0.1) is 6.04 Å². The molecule has 0 spiro atoms. The van der Waals surface area contributed by atoms with Gasteiger partial charge in [-0.15, -0.1) is 0 Å². The molecule has 0 radical (unpaired) electrons. The molecule has 1 fully saturated rings. The van der Waals surface area contributed by atoms with Crippen molar-refractivity contribution < 1.29 is 14.7 Å². The number of nitrogens with one attached hydrogen (secondary N) is 2. The Hall–Kier alpha value is -1.10. The number of hydrogen-bond donors (Lipinski definition) is 3. The maximum atomic E-state index is 11.8. The minimum atomic E-state index is -0.973. The van der Waals surface area contributed by atoms with Crippen LogP contribution in [0.5, 0.6) is 0 Å². The van der Waals surface area contributed by atoms with Crippen molar-refractivity contribution in [1.29, 1.82) is 0 Å². The summed E-state index contributed by atoms with van der Waals surface area (Å²) >= 11 is 0. The van der Waals surface area contributed by atoms with E-state index >= 15 is 0 Å². The molecule has 1 aliphatic heterocycles. The van der Waals surface area contributed by atoms with E-state index in [9.17, 15) is 9.59 Å². The van der Waals surface area contributed by atoms with Crippen LogP contribution in [0.15, 0.2) is 0 Å². The Labute approximate surface area is 95.6 Å². The van der Waals surface area contributed by atoms with Crippen molar-refractivity contribution >= 4 is 11.9 Å². The van der Waals surface area contributed by atoms with E-state index in [1.165, 1.54) is 0 Å². The Bertz CT molecular complexity index is 260. The lowest BCUT2D eigenvalue weighted by atomic mass is 10.0. The topological polar surface area (TPSA) is 78.4 Å². The number of amides is 1. The third kappa shape index (κ3) is 3.48. The van der Waals surface area contributed by atoms with Crippen molar-refractivity contribution in [1.82, 2.24) is 10.6 Å². The first-order valence-electron chi connectivity index (χ1n) is 5.79. The van der Waals surface area contributed by atoms with Crippen molar-refractivity contribution in [2.75, 3.05) is 6.54 Å². The molecule has 0 aliphatic carbocycles. The third-order valence-corrected chi connectivity index (χ3v) is 2.86. The smallest absolute Gasteiger partial charge is 0.326 e. The monoisotopic (exact) mass is 228 g/mol. The van der Waals surface area contributed by atoms with Crippen LogP contribution in [0.2, 0.25) is 0 Å². The Morgan fingerprint density at radius 3 is 2.50 bits per heavy atom. The lowest BCUT2D eigenvalue weighted by molar-refractivity contribution is -0.143. The van der Waals surface area contributed by atoms with Gasteiger partial charge in [-0.25, -0.2) is 4.79 Å². The van der Waals surface area contributed by atoms with Gasteiger partial charge in [0.25, 0.3) is 0 Å². The Balaban J connectivity index is 2.50. The lowest BCUT2D eigenvalue weighted by Gasteiger charge is -2.25. The van der Waals surface area contributed by atoms with E-state index in [4.69, 9.17) is 5.11 Å². The molecule has 1 unspecified atom stereocenters. The molecule has 0 aromatic carbocycles. The number of carbonyl (C=O) groups excluding carboxylic acids is 1. The molecule has 0 bridgehead atoms. The summed E-state index contributed by atoms with van der Waals surface area (Å²) in [5.41, 5.74) is 0. The second-order valence-electron chi connectivity index (χ2n) is 4.57. The first-order chi connectivity index (χ1) is 7.52. The third-order valence-electron chi connectivity index (χ3n) is 2.86. The van der Waals surface area contributed by atoms with Gasteiger partial charge in [0.2, 0.25) is 5.91 Å². The largest absolute Gasteiger partial charge is 0.480 e. The van der Waals surface area contributed by atoms with Crippen LogP contribution >= 0.6 is 0 Å². The zero-order valence-corrected chi connectivity index (χ0v) is 9.82. The van der Waals surface area contributed by atoms with Crippen LogP contribution in [0.4, 0.5) is 0 Å². The average Bonchev–Trinajstić information content (AvgIpc) is 2.25. The summed E-state index contributed by atoms with van der Waals surface area (Å²) in [7, 11) is 0. The van der Waals surface area contributed by atoms with E-state index in [1.54, 1.807) is 13.8 Å². The van der Waals surface area contributed by atoms with Crippen LogP contribution in [0.25, 0.3) is 0 Å². The van der Waals surface area contributed by atoms with Gasteiger partial charge in [-0.3, -0.25) is 4.79 Å². The number of carbonyl (C=O) groups is 2. The van der Waals surface area contributed by atoms with Gasteiger partial charge >= 0.3 is 5.97 Å². The fraction of sp³-hybridized carbons (Fsp3) is 0.818. The van der Waals surface area contributed by atoms with E-state index < -0.39 is 12.0 Å². The predicted molar refractivity (Wildman–Crippen MR) is 60.0 cm³/mol.